The van der Waals surface area contributed by atoms with E-state index in [9.17, 15) is 4.39 Å². The van der Waals surface area contributed by atoms with Gasteiger partial charge in [0.25, 0.3) is 0 Å². The molecule has 0 N–H and O–H groups in total. The molecule has 0 bridgehead atoms. The number of benzene rings is 1. The molecule has 0 aliphatic carbocycles. The van der Waals surface area contributed by atoms with E-state index in [1.807, 2.05) is 6.07 Å². The molecule has 0 amide bonds. The van der Waals surface area contributed by atoms with E-state index >= 15 is 0 Å². The summed E-state index contributed by atoms with van der Waals surface area (Å²) in [5.74, 6) is 1.27. The van der Waals surface area contributed by atoms with Gasteiger partial charge < -0.3 is 4.74 Å². The minimum atomic E-state index is -0.180. The highest BCUT2D eigenvalue weighted by Gasteiger charge is 2.16. The van der Waals surface area contributed by atoms with E-state index in [1.54, 1.807) is 19.2 Å². The normalized spacial score (nSPS) is 14.6. The summed E-state index contributed by atoms with van der Waals surface area (Å²) in [6.45, 7) is 2.92. The molecule has 96 valence electrons. The third kappa shape index (κ3) is 5.05. The fourth-order valence-electron chi connectivity index (χ4n) is 1.91. The molecule has 0 saturated heterocycles. The molecule has 1 aromatic rings. The van der Waals surface area contributed by atoms with Crippen molar-refractivity contribution >= 4 is 11.6 Å². The summed E-state index contributed by atoms with van der Waals surface area (Å²) in [7, 11) is 1.70. The Kier molecular flexibility index (Phi) is 6.53. The molecule has 0 heterocycles. The van der Waals surface area contributed by atoms with Gasteiger partial charge in [0.05, 0.1) is 0 Å². The summed E-state index contributed by atoms with van der Waals surface area (Å²) >= 11 is 6.00. The number of hydrogen-bond acceptors (Lipinski definition) is 1. The first-order valence-corrected chi connectivity index (χ1v) is 6.50. The summed E-state index contributed by atoms with van der Waals surface area (Å²) in [4.78, 5) is 0. The molecule has 2 atom stereocenters. The molecule has 0 fully saturated rings. The number of hydrogen-bond donors (Lipinski definition) is 0. The Morgan fingerprint density at radius 3 is 2.76 bits per heavy atom. The van der Waals surface area contributed by atoms with Crippen molar-refractivity contribution in [2.45, 2.75) is 19.8 Å². The monoisotopic (exact) mass is 258 g/mol. The molecule has 0 spiro atoms. The smallest absolute Gasteiger partial charge is 0.123 e. The zero-order chi connectivity index (χ0) is 12.7. The summed E-state index contributed by atoms with van der Waals surface area (Å²) < 4.78 is 18.1. The van der Waals surface area contributed by atoms with E-state index in [0.717, 1.165) is 25.0 Å². The summed E-state index contributed by atoms with van der Waals surface area (Å²) in [5, 5.41) is 0. The van der Waals surface area contributed by atoms with Gasteiger partial charge in [-0.05, 0) is 42.4 Å². The average Bonchev–Trinajstić information content (AvgIpc) is 2.33. The first-order valence-electron chi connectivity index (χ1n) is 5.96. The number of halogens is 2. The molecular weight excluding hydrogens is 239 g/mol. The van der Waals surface area contributed by atoms with Crippen molar-refractivity contribution in [1.82, 2.24) is 0 Å². The van der Waals surface area contributed by atoms with E-state index in [0.29, 0.717) is 17.7 Å². The average molecular weight is 259 g/mol. The van der Waals surface area contributed by atoms with Gasteiger partial charge in [-0.1, -0.05) is 19.1 Å². The molecular formula is C14H20ClFO. The van der Waals surface area contributed by atoms with Crippen molar-refractivity contribution in [3.05, 3.63) is 35.6 Å². The zero-order valence-electron chi connectivity index (χ0n) is 10.5. The van der Waals surface area contributed by atoms with Crippen LogP contribution >= 0.6 is 11.6 Å². The van der Waals surface area contributed by atoms with Crippen LogP contribution in [0.2, 0.25) is 0 Å². The van der Waals surface area contributed by atoms with E-state index in [2.05, 4.69) is 6.92 Å². The Bertz CT molecular complexity index is 330. The molecule has 0 aliphatic heterocycles. The second-order valence-electron chi connectivity index (χ2n) is 4.51. The maximum Gasteiger partial charge on any atom is 0.123 e. The van der Waals surface area contributed by atoms with Crippen LogP contribution in [-0.2, 0) is 11.2 Å². The van der Waals surface area contributed by atoms with Gasteiger partial charge in [-0.2, -0.15) is 0 Å². The molecule has 3 heteroatoms. The van der Waals surface area contributed by atoms with Crippen molar-refractivity contribution in [3.63, 3.8) is 0 Å². The standard InChI is InChI=1S/C14H20ClFO/c1-11(6-7-17-2)13(10-15)8-12-4-3-5-14(16)9-12/h3-5,9,11,13H,6-8,10H2,1-2H3. The van der Waals surface area contributed by atoms with Gasteiger partial charge in [-0.25, -0.2) is 4.39 Å². The van der Waals surface area contributed by atoms with Crippen molar-refractivity contribution in [3.8, 4) is 0 Å². The molecule has 1 aromatic carbocycles. The number of methoxy groups -OCH3 is 1. The molecule has 1 rings (SSSR count). The summed E-state index contributed by atoms with van der Waals surface area (Å²) in [6, 6.07) is 6.75. The van der Waals surface area contributed by atoms with Crippen molar-refractivity contribution < 1.29 is 9.13 Å². The largest absolute Gasteiger partial charge is 0.385 e. The molecule has 0 aromatic heterocycles. The maximum absolute atomic E-state index is 13.1. The van der Waals surface area contributed by atoms with Crippen LogP contribution in [0.15, 0.2) is 24.3 Å². The minimum Gasteiger partial charge on any atom is -0.385 e. The van der Waals surface area contributed by atoms with Gasteiger partial charge >= 0.3 is 0 Å². The van der Waals surface area contributed by atoms with E-state index in [1.165, 1.54) is 6.07 Å². The molecule has 0 saturated carbocycles. The van der Waals surface area contributed by atoms with Gasteiger partial charge in [-0.3, -0.25) is 0 Å². The Morgan fingerprint density at radius 2 is 2.18 bits per heavy atom. The molecule has 0 aliphatic rings. The summed E-state index contributed by atoms with van der Waals surface area (Å²) in [6.07, 6.45) is 1.81. The highest BCUT2D eigenvalue weighted by Crippen LogP contribution is 2.22. The van der Waals surface area contributed by atoms with Crippen LogP contribution in [0.1, 0.15) is 18.9 Å². The second kappa shape index (κ2) is 7.67. The lowest BCUT2D eigenvalue weighted by atomic mass is 9.87. The number of alkyl halides is 1. The predicted molar refractivity (Wildman–Crippen MR) is 70.0 cm³/mol. The predicted octanol–water partition coefficient (Wildman–Crippen LogP) is 3.90. The van der Waals surface area contributed by atoms with E-state index < -0.39 is 0 Å². The first-order chi connectivity index (χ1) is 8.17. The highest BCUT2D eigenvalue weighted by molar-refractivity contribution is 6.18. The fraction of sp³-hybridized carbons (Fsp3) is 0.571. The third-order valence-corrected chi connectivity index (χ3v) is 3.56. The maximum atomic E-state index is 13.1. The Hall–Kier alpha value is -0.600. The van der Waals surface area contributed by atoms with E-state index in [4.69, 9.17) is 16.3 Å². The molecule has 1 nitrogen and oxygen atoms in total. The van der Waals surface area contributed by atoms with Crippen molar-refractivity contribution in [1.29, 1.82) is 0 Å². The van der Waals surface area contributed by atoms with E-state index in [-0.39, 0.29) is 5.82 Å². The van der Waals surface area contributed by atoms with Gasteiger partial charge in [0.15, 0.2) is 0 Å². The Balaban J connectivity index is 2.56. The Labute approximate surface area is 108 Å². The lowest BCUT2D eigenvalue weighted by Crippen LogP contribution is -2.18. The van der Waals surface area contributed by atoms with Crippen LogP contribution in [0.5, 0.6) is 0 Å². The third-order valence-electron chi connectivity index (χ3n) is 3.17. The van der Waals surface area contributed by atoms with Gasteiger partial charge in [0.2, 0.25) is 0 Å². The fourth-order valence-corrected chi connectivity index (χ4v) is 2.33. The minimum absolute atomic E-state index is 0.180. The van der Waals surface area contributed by atoms with Crippen LogP contribution in [0.25, 0.3) is 0 Å². The van der Waals surface area contributed by atoms with Crippen molar-refractivity contribution in [2.24, 2.45) is 11.8 Å². The second-order valence-corrected chi connectivity index (χ2v) is 4.82. The zero-order valence-corrected chi connectivity index (χ0v) is 11.2. The lowest BCUT2D eigenvalue weighted by Gasteiger charge is -2.21. The van der Waals surface area contributed by atoms with Gasteiger partial charge in [0.1, 0.15) is 5.82 Å². The number of rotatable bonds is 7. The summed E-state index contributed by atoms with van der Waals surface area (Å²) in [5.41, 5.74) is 1.01. The van der Waals surface area contributed by atoms with Gasteiger partial charge in [-0.15, -0.1) is 11.6 Å². The van der Waals surface area contributed by atoms with Gasteiger partial charge in [0, 0.05) is 19.6 Å². The lowest BCUT2D eigenvalue weighted by molar-refractivity contribution is 0.168. The quantitative estimate of drug-likeness (QED) is 0.674. The van der Waals surface area contributed by atoms with Crippen LogP contribution in [0, 0.1) is 17.7 Å². The molecule has 17 heavy (non-hydrogen) atoms. The van der Waals surface area contributed by atoms with Crippen LogP contribution in [0.4, 0.5) is 4.39 Å². The van der Waals surface area contributed by atoms with Crippen LogP contribution in [0.3, 0.4) is 0 Å². The topological polar surface area (TPSA) is 9.23 Å². The number of ether oxygens (including phenoxy) is 1. The molecule has 2 unspecified atom stereocenters. The first kappa shape index (κ1) is 14.5. The van der Waals surface area contributed by atoms with Crippen LogP contribution in [-0.4, -0.2) is 19.6 Å². The Morgan fingerprint density at radius 1 is 1.41 bits per heavy atom. The van der Waals surface area contributed by atoms with Crippen LogP contribution < -0.4 is 0 Å². The highest BCUT2D eigenvalue weighted by atomic mass is 35.5. The SMILES string of the molecule is COCCC(C)C(CCl)Cc1cccc(F)c1. The molecule has 0 radical (unpaired) electrons. The van der Waals surface area contributed by atoms with Crippen molar-refractivity contribution in [2.75, 3.05) is 19.6 Å².